The van der Waals surface area contributed by atoms with E-state index in [0.29, 0.717) is 12.8 Å². The highest BCUT2D eigenvalue weighted by atomic mass is 16.4. The lowest BCUT2D eigenvalue weighted by Crippen LogP contribution is -2.38. The average Bonchev–Trinajstić information content (AvgIpc) is 2.95. The van der Waals surface area contributed by atoms with Crippen molar-refractivity contribution in [3.63, 3.8) is 0 Å². The molecule has 2 unspecified atom stereocenters. The summed E-state index contributed by atoms with van der Waals surface area (Å²) in [5.41, 5.74) is 0.813. The van der Waals surface area contributed by atoms with Crippen LogP contribution in [0.1, 0.15) is 30.9 Å². The minimum absolute atomic E-state index is 0.208. The van der Waals surface area contributed by atoms with E-state index in [1.807, 2.05) is 30.3 Å². The standard InChI is InChI=1S/C15H19NO4/c17-9-13(10-5-2-1-3-6-10)16-14(18)11-7-4-8-12(11)15(19)20/h1-3,5-6,11-13,17H,4,7-9H2,(H,16,18)(H,19,20)/t11?,12?,13-/m0/s1. The lowest BCUT2D eigenvalue weighted by atomic mass is 9.94. The number of carbonyl (C=O) groups is 2. The van der Waals surface area contributed by atoms with E-state index in [0.717, 1.165) is 12.0 Å². The number of hydrogen-bond acceptors (Lipinski definition) is 3. The second-order valence-electron chi connectivity index (χ2n) is 5.14. The molecule has 1 aromatic rings. The van der Waals surface area contributed by atoms with E-state index in [-0.39, 0.29) is 12.5 Å². The maximum Gasteiger partial charge on any atom is 0.307 e. The van der Waals surface area contributed by atoms with Crippen LogP contribution in [0.4, 0.5) is 0 Å². The minimum atomic E-state index is -0.914. The number of carboxylic acids is 1. The molecule has 3 atom stereocenters. The Bertz CT molecular complexity index is 474. The van der Waals surface area contributed by atoms with Crippen LogP contribution in [0, 0.1) is 11.8 Å². The number of carboxylic acid groups (broad SMARTS) is 1. The Morgan fingerprint density at radius 3 is 2.45 bits per heavy atom. The third kappa shape index (κ3) is 3.17. The molecule has 0 bridgehead atoms. The van der Waals surface area contributed by atoms with Crippen molar-refractivity contribution in [2.24, 2.45) is 11.8 Å². The van der Waals surface area contributed by atoms with E-state index in [2.05, 4.69) is 5.32 Å². The second kappa shape index (κ2) is 6.52. The molecule has 5 nitrogen and oxygen atoms in total. The molecule has 1 amide bonds. The van der Waals surface area contributed by atoms with Crippen LogP contribution in [0.15, 0.2) is 30.3 Å². The topological polar surface area (TPSA) is 86.6 Å². The van der Waals surface area contributed by atoms with Crippen molar-refractivity contribution in [2.75, 3.05) is 6.61 Å². The van der Waals surface area contributed by atoms with Gasteiger partial charge in [0.05, 0.1) is 24.5 Å². The molecule has 0 aliphatic heterocycles. The van der Waals surface area contributed by atoms with Crippen LogP contribution in [0.2, 0.25) is 0 Å². The van der Waals surface area contributed by atoms with Crippen LogP contribution in [0.5, 0.6) is 0 Å². The second-order valence-corrected chi connectivity index (χ2v) is 5.14. The van der Waals surface area contributed by atoms with Gasteiger partial charge in [0.25, 0.3) is 0 Å². The number of aliphatic carboxylic acids is 1. The number of nitrogens with one attached hydrogen (secondary N) is 1. The van der Waals surface area contributed by atoms with Gasteiger partial charge in [0.2, 0.25) is 5.91 Å². The van der Waals surface area contributed by atoms with Crippen molar-refractivity contribution in [3.05, 3.63) is 35.9 Å². The fraction of sp³-hybridized carbons (Fsp3) is 0.467. The zero-order valence-electron chi connectivity index (χ0n) is 11.2. The van der Waals surface area contributed by atoms with Gasteiger partial charge in [-0.1, -0.05) is 36.8 Å². The van der Waals surface area contributed by atoms with Gasteiger partial charge >= 0.3 is 5.97 Å². The summed E-state index contributed by atoms with van der Waals surface area (Å²) in [6, 6.07) is 8.69. The van der Waals surface area contributed by atoms with Crippen LogP contribution in [-0.2, 0) is 9.59 Å². The largest absolute Gasteiger partial charge is 0.481 e. The first kappa shape index (κ1) is 14.5. The summed E-state index contributed by atoms with van der Waals surface area (Å²) in [7, 11) is 0. The number of amides is 1. The molecular formula is C15H19NO4. The van der Waals surface area contributed by atoms with Crippen molar-refractivity contribution in [2.45, 2.75) is 25.3 Å². The van der Waals surface area contributed by atoms with E-state index in [1.165, 1.54) is 0 Å². The van der Waals surface area contributed by atoms with Gasteiger partial charge in [0.1, 0.15) is 0 Å². The van der Waals surface area contributed by atoms with Crippen molar-refractivity contribution in [1.29, 1.82) is 0 Å². The molecule has 1 fully saturated rings. The zero-order chi connectivity index (χ0) is 14.5. The van der Waals surface area contributed by atoms with Gasteiger partial charge in [-0.05, 0) is 18.4 Å². The fourth-order valence-corrected chi connectivity index (χ4v) is 2.77. The number of benzene rings is 1. The maximum absolute atomic E-state index is 12.2. The molecule has 2 rings (SSSR count). The van der Waals surface area contributed by atoms with Gasteiger partial charge in [0.15, 0.2) is 0 Å². The molecule has 1 saturated carbocycles. The van der Waals surface area contributed by atoms with Gasteiger partial charge in [-0.2, -0.15) is 0 Å². The van der Waals surface area contributed by atoms with Gasteiger partial charge in [0, 0.05) is 0 Å². The van der Waals surface area contributed by atoms with Crippen molar-refractivity contribution in [1.82, 2.24) is 5.32 Å². The van der Waals surface area contributed by atoms with Gasteiger partial charge in [-0.3, -0.25) is 9.59 Å². The Morgan fingerprint density at radius 2 is 1.85 bits per heavy atom. The quantitative estimate of drug-likeness (QED) is 0.758. The molecule has 0 radical (unpaired) electrons. The lowest BCUT2D eigenvalue weighted by Gasteiger charge is -2.21. The molecule has 1 aliphatic rings. The highest BCUT2D eigenvalue weighted by molar-refractivity contribution is 5.85. The van der Waals surface area contributed by atoms with Gasteiger partial charge in [-0.25, -0.2) is 0 Å². The van der Waals surface area contributed by atoms with Gasteiger partial charge in [-0.15, -0.1) is 0 Å². The fourth-order valence-electron chi connectivity index (χ4n) is 2.77. The summed E-state index contributed by atoms with van der Waals surface area (Å²) >= 11 is 0. The Labute approximate surface area is 117 Å². The summed E-state index contributed by atoms with van der Waals surface area (Å²) in [4.78, 5) is 23.3. The molecule has 1 aromatic carbocycles. The number of aliphatic hydroxyl groups is 1. The normalized spacial score (nSPS) is 23.2. The Hall–Kier alpha value is -1.88. The molecule has 0 spiro atoms. The predicted octanol–water partition coefficient (Wildman–Crippen LogP) is 1.34. The first-order chi connectivity index (χ1) is 9.63. The third-order valence-electron chi connectivity index (χ3n) is 3.87. The number of rotatable bonds is 5. The molecule has 1 aliphatic carbocycles. The highest BCUT2D eigenvalue weighted by Gasteiger charge is 2.38. The van der Waals surface area contributed by atoms with Crippen LogP contribution in [-0.4, -0.2) is 28.7 Å². The molecular weight excluding hydrogens is 258 g/mol. The van der Waals surface area contributed by atoms with Crippen LogP contribution < -0.4 is 5.32 Å². The molecule has 0 saturated heterocycles. The SMILES string of the molecule is O=C(O)C1CCCC1C(=O)N[C@@H](CO)c1ccccc1. The molecule has 3 N–H and O–H groups in total. The Kier molecular flexibility index (Phi) is 4.74. The first-order valence-corrected chi connectivity index (χ1v) is 6.82. The number of carbonyl (C=O) groups excluding carboxylic acids is 1. The molecule has 5 heteroatoms. The van der Waals surface area contributed by atoms with E-state index in [4.69, 9.17) is 5.11 Å². The Balaban J connectivity index is 2.04. The minimum Gasteiger partial charge on any atom is -0.481 e. The smallest absolute Gasteiger partial charge is 0.307 e. The Morgan fingerprint density at radius 1 is 1.20 bits per heavy atom. The predicted molar refractivity (Wildman–Crippen MR) is 72.9 cm³/mol. The van der Waals surface area contributed by atoms with Crippen molar-refractivity contribution < 1.29 is 19.8 Å². The van der Waals surface area contributed by atoms with E-state index < -0.39 is 23.8 Å². The van der Waals surface area contributed by atoms with E-state index in [1.54, 1.807) is 0 Å². The maximum atomic E-state index is 12.2. The summed E-state index contributed by atoms with van der Waals surface area (Å²) in [6.07, 6.45) is 1.89. The summed E-state index contributed by atoms with van der Waals surface area (Å²) < 4.78 is 0. The zero-order valence-corrected chi connectivity index (χ0v) is 11.2. The summed E-state index contributed by atoms with van der Waals surface area (Å²) in [5, 5.41) is 21.3. The first-order valence-electron chi connectivity index (χ1n) is 6.82. The summed E-state index contributed by atoms with van der Waals surface area (Å²) in [6.45, 7) is -0.208. The average molecular weight is 277 g/mol. The van der Waals surface area contributed by atoms with Crippen LogP contribution >= 0.6 is 0 Å². The lowest BCUT2D eigenvalue weighted by molar-refractivity contribution is -0.146. The third-order valence-corrected chi connectivity index (χ3v) is 3.87. The monoisotopic (exact) mass is 277 g/mol. The number of hydrogen-bond donors (Lipinski definition) is 3. The molecule has 0 heterocycles. The van der Waals surface area contributed by atoms with E-state index in [9.17, 15) is 14.7 Å². The highest BCUT2D eigenvalue weighted by Crippen LogP contribution is 2.32. The molecule has 0 aromatic heterocycles. The van der Waals surface area contributed by atoms with Crippen molar-refractivity contribution >= 4 is 11.9 Å². The van der Waals surface area contributed by atoms with Crippen molar-refractivity contribution in [3.8, 4) is 0 Å². The van der Waals surface area contributed by atoms with E-state index >= 15 is 0 Å². The van der Waals surface area contributed by atoms with Crippen LogP contribution in [0.3, 0.4) is 0 Å². The molecule has 108 valence electrons. The van der Waals surface area contributed by atoms with Gasteiger partial charge < -0.3 is 15.5 Å². The molecule has 20 heavy (non-hydrogen) atoms. The van der Waals surface area contributed by atoms with Crippen LogP contribution in [0.25, 0.3) is 0 Å². The summed E-state index contributed by atoms with van der Waals surface area (Å²) in [5.74, 6) is -2.30. The number of aliphatic hydroxyl groups excluding tert-OH is 1.